The van der Waals surface area contributed by atoms with Gasteiger partial charge in [-0.05, 0) is 6.04 Å². The molecule has 0 aliphatic rings. The molecule has 0 nitrogen and oxygen atoms in total. The fourth-order valence-corrected chi connectivity index (χ4v) is 3.83. The fraction of sp³-hybridized carbons (Fsp3) is 0.400. The molecule has 0 bridgehead atoms. The van der Waals surface area contributed by atoms with Crippen LogP contribution in [0.1, 0.15) is 16.7 Å². The molecule has 0 radical (unpaired) electrons. The SMILES string of the molecule is Cc1cc2c(C[Si](C)(C)C)ccc(C)c2[cH-]1.[Cl][Zr][Cl]. The molecule has 0 aromatic heterocycles. The van der Waals surface area contributed by atoms with E-state index < -0.39 is 28.9 Å². The molecule has 0 N–H and O–H groups in total. The summed E-state index contributed by atoms with van der Waals surface area (Å²) in [6.45, 7) is 11.7. The molecule has 0 heterocycles. The summed E-state index contributed by atoms with van der Waals surface area (Å²) in [5.74, 6) is 0. The van der Waals surface area contributed by atoms with Crippen LogP contribution >= 0.6 is 17.0 Å². The molecule has 0 aliphatic carbocycles. The molecule has 2 aromatic rings. The van der Waals surface area contributed by atoms with Gasteiger partial charge in [0.15, 0.2) is 0 Å². The van der Waals surface area contributed by atoms with Gasteiger partial charge in [0.1, 0.15) is 0 Å². The summed E-state index contributed by atoms with van der Waals surface area (Å²) in [5, 5.41) is 2.94. The average molecular weight is 392 g/mol. The molecule has 0 saturated heterocycles. The number of fused-ring (bicyclic) bond motifs is 1. The van der Waals surface area contributed by atoms with Gasteiger partial charge in [-0.15, -0.1) is 34.0 Å². The molecule has 0 atom stereocenters. The summed E-state index contributed by atoms with van der Waals surface area (Å²) in [6, 6.07) is 10.6. The molecule has 0 saturated carbocycles. The molecule has 0 amide bonds. The van der Waals surface area contributed by atoms with Crippen LogP contribution in [-0.2, 0) is 26.9 Å². The summed E-state index contributed by atoms with van der Waals surface area (Å²) < 4.78 is 0. The van der Waals surface area contributed by atoms with Crippen LogP contribution in [0, 0.1) is 13.8 Å². The number of halogens is 2. The summed E-state index contributed by atoms with van der Waals surface area (Å²) >= 11 is -0.826. The second-order valence-corrected chi connectivity index (χ2v) is 15.4. The van der Waals surface area contributed by atoms with Crippen molar-refractivity contribution in [3.63, 3.8) is 0 Å². The first-order valence-electron chi connectivity index (χ1n) is 6.40. The van der Waals surface area contributed by atoms with Crippen molar-refractivity contribution < 1.29 is 20.8 Å². The van der Waals surface area contributed by atoms with E-state index in [1.807, 2.05) is 0 Å². The Labute approximate surface area is 136 Å². The van der Waals surface area contributed by atoms with Crippen LogP contribution in [0.3, 0.4) is 0 Å². The number of hydrogen-bond acceptors (Lipinski definition) is 0. The summed E-state index contributed by atoms with van der Waals surface area (Å²) in [4.78, 5) is 0. The topological polar surface area (TPSA) is 0 Å². The van der Waals surface area contributed by atoms with Gasteiger partial charge in [-0.3, -0.25) is 0 Å². The first-order valence-corrected chi connectivity index (χ1v) is 16.4. The Bertz CT molecular complexity index is 541. The number of benzene rings is 1. The quantitative estimate of drug-likeness (QED) is 0.437. The van der Waals surface area contributed by atoms with Gasteiger partial charge < -0.3 is 0 Å². The van der Waals surface area contributed by atoms with E-state index in [0.717, 1.165) is 0 Å². The maximum absolute atomic E-state index is 4.93. The minimum absolute atomic E-state index is 0.826. The van der Waals surface area contributed by atoms with Gasteiger partial charge in [0.2, 0.25) is 0 Å². The first kappa shape index (κ1) is 17.6. The molecule has 4 heteroatoms. The Morgan fingerprint density at radius 1 is 1.16 bits per heavy atom. The third-order valence-electron chi connectivity index (χ3n) is 3.06. The maximum atomic E-state index is 4.93. The van der Waals surface area contributed by atoms with Crippen molar-refractivity contribution in [1.29, 1.82) is 0 Å². The molecule has 19 heavy (non-hydrogen) atoms. The van der Waals surface area contributed by atoms with E-state index in [0.29, 0.717) is 0 Å². The van der Waals surface area contributed by atoms with Crippen molar-refractivity contribution in [2.75, 3.05) is 0 Å². The van der Waals surface area contributed by atoms with Crippen LogP contribution < -0.4 is 0 Å². The van der Waals surface area contributed by atoms with E-state index in [2.05, 4.69) is 57.8 Å². The number of rotatable bonds is 2. The Balaban J connectivity index is 0.000000550. The molecule has 2 rings (SSSR count). The fourth-order valence-electron chi connectivity index (χ4n) is 2.38. The van der Waals surface area contributed by atoms with Crippen molar-refractivity contribution in [3.05, 3.63) is 41.0 Å². The van der Waals surface area contributed by atoms with E-state index in [1.54, 1.807) is 5.56 Å². The van der Waals surface area contributed by atoms with Gasteiger partial charge in [0.25, 0.3) is 0 Å². The third kappa shape index (κ3) is 5.42. The Morgan fingerprint density at radius 3 is 2.26 bits per heavy atom. The van der Waals surface area contributed by atoms with E-state index in [4.69, 9.17) is 17.0 Å². The van der Waals surface area contributed by atoms with Crippen LogP contribution in [0.25, 0.3) is 10.8 Å². The molecule has 0 fully saturated rings. The normalized spacial score (nSPS) is 11.1. The van der Waals surface area contributed by atoms with Gasteiger partial charge in [-0.2, -0.15) is 6.07 Å². The zero-order valence-corrected chi connectivity index (χ0v) is 17.2. The van der Waals surface area contributed by atoms with Crippen molar-refractivity contribution in [2.24, 2.45) is 0 Å². The zero-order valence-electron chi connectivity index (χ0n) is 12.3. The van der Waals surface area contributed by atoms with Crippen LogP contribution in [0.15, 0.2) is 24.3 Å². The van der Waals surface area contributed by atoms with Crippen LogP contribution in [0.5, 0.6) is 0 Å². The van der Waals surface area contributed by atoms with Crippen molar-refractivity contribution in [1.82, 2.24) is 0 Å². The van der Waals surface area contributed by atoms with Crippen LogP contribution in [-0.4, -0.2) is 8.07 Å². The van der Waals surface area contributed by atoms with Gasteiger partial charge in [0.05, 0.1) is 0 Å². The zero-order chi connectivity index (χ0) is 14.6. The van der Waals surface area contributed by atoms with Crippen molar-refractivity contribution in [2.45, 2.75) is 39.5 Å². The average Bonchev–Trinajstić information content (AvgIpc) is 2.65. The van der Waals surface area contributed by atoms with Gasteiger partial charge in [-0.1, -0.05) is 45.1 Å². The Hall–Kier alpha value is 0.510. The second-order valence-electron chi connectivity index (χ2n) is 6.21. The molecule has 0 aliphatic heterocycles. The first-order chi connectivity index (χ1) is 8.78. The molecule has 0 spiro atoms. The van der Waals surface area contributed by atoms with E-state index >= 15 is 0 Å². The molecular weight excluding hydrogens is 370 g/mol. The second kappa shape index (κ2) is 7.50. The Kier molecular flexibility index (Phi) is 6.93. The van der Waals surface area contributed by atoms with Gasteiger partial charge in [-0.25, -0.2) is 0 Å². The van der Waals surface area contributed by atoms with Crippen LogP contribution in [0.2, 0.25) is 19.6 Å². The van der Waals surface area contributed by atoms with Crippen molar-refractivity contribution in [3.8, 4) is 0 Å². The number of hydrogen-bond donors (Lipinski definition) is 0. The minimum atomic E-state index is -1.02. The van der Waals surface area contributed by atoms with Gasteiger partial charge >= 0.3 is 37.9 Å². The van der Waals surface area contributed by atoms with E-state index in [9.17, 15) is 0 Å². The third-order valence-corrected chi connectivity index (χ3v) is 4.50. The molecule has 0 unspecified atom stereocenters. The predicted molar refractivity (Wildman–Crippen MR) is 87.8 cm³/mol. The molecule has 2 aromatic carbocycles. The summed E-state index contributed by atoms with van der Waals surface area (Å²) in [7, 11) is 8.84. The van der Waals surface area contributed by atoms with E-state index in [1.165, 1.54) is 27.9 Å². The van der Waals surface area contributed by atoms with Crippen molar-refractivity contribution >= 4 is 35.9 Å². The van der Waals surface area contributed by atoms with E-state index in [-0.39, 0.29) is 0 Å². The molecule has 104 valence electrons. The van der Waals surface area contributed by atoms with Gasteiger partial charge in [0, 0.05) is 8.07 Å². The Morgan fingerprint density at radius 2 is 1.74 bits per heavy atom. The standard InChI is InChI=1S/C15H21Si.2ClH.Zr/c1-11-8-14-12(2)6-7-13(15(14)9-11)10-16(3,4)5;;;/h6-9H,10H2,1-5H3;2*1H;/q-1;;;+2/p-2. The summed E-state index contributed by atoms with van der Waals surface area (Å²) in [6.07, 6.45) is 0. The monoisotopic (exact) mass is 389 g/mol. The van der Waals surface area contributed by atoms with Crippen LogP contribution in [0.4, 0.5) is 0 Å². The number of aryl methyl sites for hydroxylation is 2. The molecular formula is C15H21Cl2SiZr-. The predicted octanol–water partition coefficient (Wildman–Crippen LogP) is 5.97. The summed E-state index contributed by atoms with van der Waals surface area (Å²) in [5.41, 5.74) is 4.34.